The minimum absolute atomic E-state index is 0.0295. The van der Waals surface area contributed by atoms with E-state index in [9.17, 15) is 18.8 Å². The van der Waals surface area contributed by atoms with Gasteiger partial charge in [-0.15, -0.1) is 11.3 Å². The van der Waals surface area contributed by atoms with E-state index in [1.165, 1.54) is 23.5 Å². The lowest BCUT2D eigenvalue weighted by Gasteiger charge is -2.21. The molecule has 1 unspecified atom stereocenters. The van der Waals surface area contributed by atoms with Crippen LogP contribution in [0.15, 0.2) is 35.7 Å². The summed E-state index contributed by atoms with van der Waals surface area (Å²) >= 11 is 1.27. The number of aliphatic carboxylic acids is 1. The highest BCUT2D eigenvalue weighted by atomic mass is 32.1. The quantitative estimate of drug-likeness (QED) is 0.690. The van der Waals surface area contributed by atoms with Gasteiger partial charge in [-0.2, -0.15) is 0 Å². The molecule has 0 fully saturated rings. The third-order valence-electron chi connectivity index (χ3n) is 3.64. The number of carbonyl (C=O) groups excluding carboxylic acids is 2. The topological polar surface area (TPSA) is 95.5 Å². The maximum absolute atomic E-state index is 13.9. The Balaban J connectivity index is 2.08. The molecule has 0 saturated carbocycles. The first-order valence-electron chi connectivity index (χ1n) is 7.93. The van der Waals surface area contributed by atoms with Crippen molar-refractivity contribution < 1.29 is 23.9 Å². The highest BCUT2D eigenvalue weighted by Gasteiger charge is 2.25. The standard InChI is InChI=1S/C18H19FN2O4S/c1-10(2)16(21-17(24)14-4-3-7-26-14)18(25)20-12-6-5-11(8-15(22)23)13(19)9-12/h3-7,9-10,16H,8H2,1-2H3,(H,20,25)(H,21,24)(H,22,23). The molecule has 1 atom stereocenters. The molecule has 1 aromatic carbocycles. The van der Waals surface area contributed by atoms with E-state index in [4.69, 9.17) is 5.11 Å². The number of carboxylic acid groups (broad SMARTS) is 1. The van der Waals surface area contributed by atoms with Crippen LogP contribution in [-0.2, 0) is 16.0 Å². The van der Waals surface area contributed by atoms with Gasteiger partial charge in [0.25, 0.3) is 5.91 Å². The van der Waals surface area contributed by atoms with Gasteiger partial charge < -0.3 is 15.7 Å². The van der Waals surface area contributed by atoms with Crippen LogP contribution in [0.4, 0.5) is 10.1 Å². The summed E-state index contributed by atoms with van der Waals surface area (Å²) in [6.45, 7) is 3.57. The summed E-state index contributed by atoms with van der Waals surface area (Å²) in [6.07, 6.45) is -0.439. The Morgan fingerprint density at radius 3 is 2.50 bits per heavy atom. The number of hydrogen-bond donors (Lipinski definition) is 3. The number of benzene rings is 1. The van der Waals surface area contributed by atoms with E-state index in [1.807, 2.05) is 0 Å². The van der Waals surface area contributed by atoms with Crippen LogP contribution in [0.3, 0.4) is 0 Å². The van der Waals surface area contributed by atoms with Crippen molar-refractivity contribution in [3.8, 4) is 0 Å². The molecule has 3 N–H and O–H groups in total. The third kappa shape index (κ3) is 5.13. The Kier molecular flexibility index (Phi) is 6.46. The zero-order valence-electron chi connectivity index (χ0n) is 14.3. The van der Waals surface area contributed by atoms with Gasteiger partial charge >= 0.3 is 5.97 Å². The van der Waals surface area contributed by atoms with E-state index in [0.717, 1.165) is 6.07 Å². The predicted octanol–water partition coefficient (Wildman–Crippen LogP) is 2.91. The van der Waals surface area contributed by atoms with E-state index >= 15 is 0 Å². The Labute approximate surface area is 154 Å². The molecule has 1 heterocycles. The summed E-state index contributed by atoms with van der Waals surface area (Å²) in [5, 5.41) is 15.7. The lowest BCUT2D eigenvalue weighted by atomic mass is 10.0. The molecule has 2 amide bonds. The minimum atomic E-state index is -1.14. The molecule has 1 aromatic heterocycles. The van der Waals surface area contributed by atoms with Crippen molar-refractivity contribution in [3.63, 3.8) is 0 Å². The average Bonchev–Trinajstić information content (AvgIpc) is 3.08. The maximum Gasteiger partial charge on any atom is 0.307 e. The second kappa shape index (κ2) is 8.57. The van der Waals surface area contributed by atoms with Gasteiger partial charge in [0.15, 0.2) is 0 Å². The number of carbonyl (C=O) groups is 3. The molecule has 26 heavy (non-hydrogen) atoms. The molecule has 0 aliphatic heterocycles. The maximum atomic E-state index is 13.9. The first-order chi connectivity index (χ1) is 12.3. The zero-order valence-corrected chi connectivity index (χ0v) is 15.1. The van der Waals surface area contributed by atoms with Crippen LogP contribution in [0, 0.1) is 11.7 Å². The monoisotopic (exact) mass is 378 g/mol. The molecule has 0 bridgehead atoms. The second-order valence-electron chi connectivity index (χ2n) is 6.04. The van der Waals surface area contributed by atoms with Crippen LogP contribution in [0.1, 0.15) is 29.1 Å². The molecule has 0 aliphatic rings. The van der Waals surface area contributed by atoms with E-state index in [1.54, 1.807) is 31.4 Å². The van der Waals surface area contributed by atoms with E-state index < -0.39 is 30.2 Å². The lowest BCUT2D eigenvalue weighted by Crippen LogP contribution is -2.46. The van der Waals surface area contributed by atoms with Crippen LogP contribution >= 0.6 is 11.3 Å². The summed E-state index contributed by atoms with van der Waals surface area (Å²) in [7, 11) is 0. The van der Waals surface area contributed by atoms with Gasteiger partial charge in [0.2, 0.25) is 5.91 Å². The van der Waals surface area contributed by atoms with Crippen molar-refractivity contribution in [2.75, 3.05) is 5.32 Å². The molecule has 2 aromatic rings. The van der Waals surface area contributed by atoms with Crippen molar-refractivity contribution in [1.29, 1.82) is 0 Å². The fraction of sp³-hybridized carbons (Fsp3) is 0.278. The molecule has 0 spiro atoms. The third-order valence-corrected chi connectivity index (χ3v) is 4.51. The Morgan fingerprint density at radius 1 is 1.23 bits per heavy atom. The van der Waals surface area contributed by atoms with Gasteiger partial charge in [0.1, 0.15) is 11.9 Å². The fourth-order valence-corrected chi connectivity index (χ4v) is 2.93. The molecule has 2 rings (SSSR count). The predicted molar refractivity (Wildman–Crippen MR) is 96.8 cm³/mol. The number of rotatable bonds is 7. The number of anilines is 1. The minimum Gasteiger partial charge on any atom is -0.481 e. The number of thiophene rings is 1. The molecule has 138 valence electrons. The Morgan fingerprint density at radius 2 is 1.96 bits per heavy atom. The van der Waals surface area contributed by atoms with Crippen molar-refractivity contribution in [3.05, 3.63) is 52.0 Å². The van der Waals surface area contributed by atoms with Crippen molar-refractivity contribution in [2.45, 2.75) is 26.3 Å². The van der Waals surface area contributed by atoms with Crippen molar-refractivity contribution >= 4 is 34.8 Å². The fourth-order valence-electron chi connectivity index (χ4n) is 2.31. The number of amides is 2. The number of carboxylic acids is 1. The molecule has 0 aliphatic carbocycles. The normalized spacial score (nSPS) is 11.8. The molecular formula is C18H19FN2O4S. The van der Waals surface area contributed by atoms with E-state index in [-0.39, 0.29) is 23.1 Å². The van der Waals surface area contributed by atoms with Crippen LogP contribution in [0.5, 0.6) is 0 Å². The highest BCUT2D eigenvalue weighted by Crippen LogP contribution is 2.17. The SMILES string of the molecule is CC(C)C(NC(=O)c1cccs1)C(=O)Nc1ccc(CC(=O)O)c(F)c1. The number of nitrogens with one attached hydrogen (secondary N) is 2. The molecule has 0 radical (unpaired) electrons. The summed E-state index contributed by atoms with van der Waals surface area (Å²) in [6, 6.07) is 6.41. The van der Waals surface area contributed by atoms with Crippen LogP contribution in [-0.4, -0.2) is 28.9 Å². The lowest BCUT2D eigenvalue weighted by molar-refractivity contribution is -0.136. The summed E-state index contributed by atoms with van der Waals surface area (Å²) in [4.78, 5) is 35.8. The molecule has 0 saturated heterocycles. The summed E-state index contributed by atoms with van der Waals surface area (Å²) in [5.41, 5.74) is 0.222. The van der Waals surface area contributed by atoms with Gasteiger partial charge in [-0.05, 0) is 35.1 Å². The Bertz CT molecular complexity index is 806. The van der Waals surface area contributed by atoms with Gasteiger partial charge in [0.05, 0.1) is 11.3 Å². The number of hydrogen-bond acceptors (Lipinski definition) is 4. The highest BCUT2D eigenvalue weighted by molar-refractivity contribution is 7.12. The van der Waals surface area contributed by atoms with Crippen molar-refractivity contribution in [2.24, 2.45) is 5.92 Å². The molecule has 6 nitrogen and oxygen atoms in total. The van der Waals surface area contributed by atoms with E-state index in [2.05, 4.69) is 10.6 Å². The van der Waals surface area contributed by atoms with Crippen LogP contribution < -0.4 is 10.6 Å². The molecular weight excluding hydrogens is 359 g/mol. The first kappa shape index (κ1) is 19.6. The van der Waals surface area contributed by atoms with Gasteiger partial charge in [-0.25, -0.2) is 4.39 Å². The van der Waals surface area contributed by atoms with Crippen LogP contribution in [0.2, 0.25) is 0 Å². The Hall–Kier alpha value is -2.74. The summed E-state index contributed by atoms with van der Waals surface area (Å²) in [5.74, 6) is -2.87. The average molecular weight is 378 g/mol. The summed E-state index contributed by atoms with van der Waals surface area (Å²) < 4.78 is 13.9. The second-order valence-corrected chi connectivity index (χ2v) is 6.99. The van der Waals surface area contributed by atoms with Gasteiger partial charge in [0, 0.05) is 5.69 Å². The number of halogens is 1. The van der Waals surface area contributed by atoms with Gasteiger partial charge in [-0.3, -0.25) is 14.4 Å². The van der Waals surface area contributed by atoms with Crippen molar-refractivity contribution in [1.82, 2.24) is 5.32 Å². The largest absolute Gasteiger partial charge is 0.481 e. The zero-order chi connectivity index (χ0) is 19.3. The van der Waals surface area contributed by atoms with E-state index in [0.29, 0.717) is 4.88 Å². The van der Waals surface area contributed by atoms with Gasteiger partial charge in [-0.1, -0.05) is 26.0 Å². The van der Waals surface area contributed by atoms with Crippen LogP contribution in [0.25, 0.3) is 0 Å². The molecule has 8 heteroatoms. The smallest absolute Gasteiger partial charge is 0.307 e. The first-order valence-corrected chi connectivity index (χ1v) is 8.81.